The second-order valence-corrected chi connectivity index (χ2v) is 4.17. The molecule has 2 rings (SSSR count). The molecule has 2 heterocycles. The summed E-state index contributed by atoms with van der Waals surface area (Å²) in [5.74, 6) is 0.708. The van der Waals surface area contributed by atoms with Crippen LogP contribution < -0.4 is 4.90 Å². The maximum absolute atomic E-state index is 9.41. The lowest BCUT2D eigenvalue weighted by atomic mass is 10.2. The maximum atomic E-state index is 9.41. The number of aliphatic hydroxyl groups excluding tert-OH is 3. The first-order chi connectivity index (χ1) is 7.58. The van der Waals surface area contributed by atoms with Crippen molar-refractivity contribution in [1.82, 2.24) is 4.98 Å². The van der Waals surface area contributed by atoms with Crippen molar-refractivity contribution in [2.24, 2.45) is 0 Å². The third kappa shape index (κ3) is 2.16. The van der Waals surface area contributed by atoms with Gasteiger partial charge in [-0.3, -0.25) is 0 Å². The summed E-state index contributed by atoms with van der Waals surface area (Å²) in [5.41, 5.74) is 0.754. The molecular weight excluding hydrogens is 208 g/mol. The maximum Gasteiger partial charge on any atom is 0.128 e. The highest BCUT2D eigenvalue weighted by atomic mass is 16.3. The minimum Gasteiger partial charge on any atom is -0.389 e. The number of β-amino-alcohol motifs (C(OH)–C–C–N with tert-alkyl or cyclic N) is 2. The first-order valence-electron chi connectivity index (χ1n) is 5.33. The Bertz CT molecular complexity index is 343. The van der Waals surface area contributed by atoms with Gasteiger partial charge in [0, 0.05) is 19.3 Å². The summed E-state index contributed by atoms with van der Waals surface area (Å²) in [4.78, 5) is 6.02. The van der Waals surface area contributed by atoms with Crippen LogP contribution in [-0.2, 0) is 0 Å². The Morgan fingerprint density at radius 2 is 1.94 bits per heavy atom. The molecule has 3 atom stereocenters. The monoisotopic (exact) mass is 224 g/mol. The molecule has 0 radical (unpaired) electrons. The van der Waals surface area contributed by atoms with Crippen molar-refractivity contribution >= 4 is 5.82 Å². The van der Waals surface area contributed by atoms with Crippen LogP contribution in [0.5, 0.6) is 0 Å². The van der Waals surface area contributed by atoms with Crippen molar-refractivity contribution in [3.8, 4) is 0 Å². The van der Waals surface area contributed by atoms with Gasteiger partial charge in [0.15, 0.2) is 0 Å². The Balaban J connectivity index is 2.11. The average molecular weight is 224 g/mol. The Labute approximate surface area is 94.0 Å². The zero-order valence-corrected chi connectivity index (χ0v) is 9.11. The molecule has 1 saturated heterocycles. The summed E-state index contributed by atoms with van der Waals surface area (Å²) < 4.78 is 0. The predicted octanol–water partition coefficient (Wildman–Crippen LogP) is -0.323. The molecule has 5 nitrogen and oxygen atoms in total. The van der Waals surface area contributed by atoms with Crippen molar-refractivity contribution in [1.29, 1.82) is 0 Å². The topological polar surface area (TPSA) is 76.8 Å². The van der Waals surface area contributed by atoms with E-state index in [9.17, 15) is 15.3 Å². The van der Waals surface area contributed by atoms with Gasteiger partial charge >= 0.3 is 0 Å². The summed E-state index contributed by atoms with van der Waals surface area (Å²) in [6, 6.07) is 3.58. The van der Waals surface area contributed by atoms with Crippen LogP contribution in [-0.4, -0.2) is 45.6 Å². The van der Waals surface area contributed by atoms with Crippen LogP contribution in [0.2, 0.25) is 0 Å². The lowest BCUT2D eigenvalue weighted by Gasteiger charge is -2.16. The molecule has 3 unspecified atom stereocenters. The molecule has 1 aromatic heterocycles. The van der Waals surface area contributed by atoms with Gasteiger partial charge in [-0.15, -0.1) is 0 Å². The summed E-state index contributed by atoms with van der Waals surface area (Å²) >= 11 is 0. The minimum atomic E-state index is -0.710. The summed E-state index contributed by atoms with van der Waals surface area (Å²) in [6.07, 6.45) is -0.343. The minimum absolute atomic E-state index is 0.391. The highest BCUT2D eigenvalue weighted by Crippen LogP contribution is 2.20. The van der Waals surface area contributed by atoms with Crippen LogP contribution in [0, 0.1) is 0 Å². The molecule has 0 spiro atoms. The van der Waals surface area contributed by atoms with Crippen molar-refractivity contribution in [2.45, 2.75) is 25.2 Å². The van der Waals surface area contributed by atoms with Crippen molar-refractivity contribution in [3.63, 3.8) is 0 Å². The van der Waals surface area contributed by atoms with Gasteiger partial charge < -0.3 is 20.2 Å². The number of anilines is 1. The van der Waals surface area contributed by atoms with Gasteiger partial charge in [0.25, 0.3) is 0 Å². The smallest absolute Gasteiger partial charge is 0.128 e. The molecule has 0 bridgehead atoms. The Hall–Kier alpha value is -1.17. The molecular formula is C11H16N2O3. The van der Waals surface area contributed by atoms with E-state index in [0.717, 1.165) is 5.56 Å². The second kappa shape index (κ2) is 4.37. The van der Waals surface area contributed by atoms with Crippen LogP contribution in [0.4, 0.5) is 5.82 Å². The van der Waals surface area contributed by atoms with Gasteiger partial charge in [0.2, 0.25) is 0 Å². The summed E-state index contributed by atoms with van der Waals surface area (Å²) in [6.45, 7) is 2.46. The van der Waals surface area contributed by atoms with E-state index in [1.165, 1.54) is 0 Å². The first kappa shape index (κ1) is 11.3. The fourth-order valence-corrected chi connectivity index (χ4v) is 1.79. The standard InChI is InChI=1S/C11H16N2O3/c1-7(14)8-2-3-11(12-4-8)13-5-9(15)10(16)6-13/h2-4,7,9-10,14-16H,5-6H2,1H3. The van der Waals surface area contributed by atoms with E-state index in [0.29, 0.717) is 18.9 Å². The number of aliphatic hydroxyl groups is 3. The van der Waals surface area contributed by atoms with Crippen molar-refractivity contribution < 1.29 is 15.3 Å². The Morgan fingerprint density at radius 1 is 1.31 bits per heavy atom. The average Bonchev–Trinajstić information content (AvgIpc) is 2.59. The third-order valence-electron chi connectivity index (χ3n) is 2.84. The summed E-state index contributed by atoms with van der Waals surface area (Å²) in [5, 5.41) is 28.2. The SMILES string of the molecule is CC(O)c1ccc(N2CC(O)C(O)C2)nc1. The van der Waals surface area contributed by atoms with E-state index in [-0.39, 0.29) is 0 Å². The zero-order valence-electron chi connectivity index (χ0n) is 9.11. The third-order valence-corrected chi connectivity index (χ3v) is 2.84. The molecule has 1 aliphatic heterocycles. The van der Waals surface area contributed by atoms with E-state index < -0.39 is 18.3 Å². The van der Waals surface area contributed by atoms with Crippen LogP contribution in [0.3, 0.4) is 0 Å². The van der Waals surface area contributed by atoms with E-state index in [4.69, 9.17) is 0 Å². The molecule has 0 aliphatic carbocycles. The van der Waals surface area contributed by atoms with Gasteiger partial charge in [0.1, 0.15) is 5.82 Å². The first-order valence-corrected chi connectivity index (χ1v) is 5.33. The molecule has 1 aromatic rings. The number of pyridine rings is 1. The number of rotatable bonds is 2. The van der Waals surface area contributed by atoms with Gasteiger partial charge in [-0.05, 0) is 18.6 Å². The van der Waals surface area contributed by atoms with E-state index >= 15 is 0 Å². The Kier molecular flexibility index (Phi) is 3.09. The van der Waals surface area contributed by atoms with Gasteiger partial charge in [-0.1, -0.05) is 6.07 Å². The fraction of sp³-hybridized carbons (Fsp3) is 0.545. The normalized spacial score (nSPS) is 27.1. The van der Waals surface area contributed by atoms with Crippen LogP contribution >= 0.6 is 0 Å². The zero-order chi connectivity index (χ0) is 11.7. The number of nitrogens with zero attached hydrogens (tertiary/aromatic N) is 2. The van der Waals surface area contributed by atoms with Crippen LogP contribution in [0.25, 0.3) is 0 Å². The summed E-state index contributed by atoms with van der Waals surface area (Å²) in [7, 11) is 0. The molecule has 1 aliphatic rings. The van der Waals surface area contributed by atoms with Gasteiger partial charge in [-0.2, -0.15) is 0 Å². The molecule has 5 heteroatoms. The molecule has 16 heavy (non-hydrogen) atoms. The van der Waals surface area contributed by atoms with E-state index in [2.05, 4.69) is 4.98 Å². The molecule has 1 fully saturated rings. The van der Waals surface area contributed by atoms with Crippen LogP contribution in [0.1, 0.15) is 18.6 Å². The molecule has 88 valence electrons. The molecule has 3 N–H and O–H groups in total. The van der Waals surface area contributed by atoms with E-state index in [1.54, 1.807) is 25.3 Å². The quantitative estimate of drug-likeness (QED) is 0.641. The lowest BCUT2D eigenvalue weighted by Crippen LogP contribution is -2.22. The number of hydrogen-bond donors (Lipinski definition) is 3. The highest BCUT2D eigenvalue weighted by Gasteiger charge is 2.30. The largest absolute Gasteiger partial charge is 0.389 e. The van der Waals surface area contributed by atoms with Gasteiger partial charge in [-0.25, -0.2) is 4.98 Å². The van der Waals surface area contributed by atoms with Crippen LogP contribution in [0.15, 0.2) is 18.3 Å². The number of aromatic nitrogens is 1. The predicted molar refractivity (Wildman–Crippen MR) is 59.1 cm³/mol. The molecule has 0 amide bonds. The van der Waals surface area contributed by atoms with Crippen molar-refractivity contribution in [2.75, 3.05) is 18.0 Å². The van der Waals surface area contributed by atoms with Gasteiger partial charge in [0.05, 0.1) is 18.3 Å². The van der Waals surface area contributed by atoms with E-state index in [1.807, 2.05) is 4.90 Å². The molecule has 0 saturated carbocycles. The lowest BCUT2D eigenvalue weighted by molar-refractivity contribution is 0.0572. The number of hydrogen-bond acceptors (Lipinski definition) is 5. The fourth-order valence-electron chi connectivity index (χ4n) is 1.79. The Morgan fingerprint density at radius 3 is 2.38 bits per heavy atom. The highest BCUT2D eigenvalue weighted by molar-refractivity contribution is 5.41. The molecule has 0 aromatic carbocycles. The second-order valence-electron chi connectivity index (χ2n) is 4.17. The van der Waals surface area contributed by atoms with Crippen molar-refractivity contribution in [3.05, 3.63) is 23.9 Å².